The second-order valence-electron chi connectivity index (χ2n) is 5.55. The van der Waals surface area contributed by atoms with Gasteiger partial charge in [0.1, 0.15) is 0 Å². The molecule has 1 atom stereocenters. The molecule has 5 nitrogen and oxygen atoms in total. The molecule has 2 amide bonds. The van der Waals surface area contributed by atoms with Gasteiger partial charge in [0.15, 0.2) is 0 Å². The Morgan fingerprint density at radius 2 is 1.78 bits per heavy atom. The van der Waals surface area contributed by atoms with Crippen LogP contribution in [0.4, 0.5) is 0 Å². The third-order valence-electron chi connectivity index (χ3n) is 3.35. The molecule has 1 rings (SSSR count). The van der Waals surface area contributed by atoms with Crippen LogP contribution in [0.2, 0.25) is 0 Å². The van der Waals surface area contributed by atoms with Gasteiger partial charge in [-0.2, -0.15) is 0 Å². The zero-order valence-electron chi connectivity index (χ0n) is 11.4. The Kier molecular flexibility index (Phi) is 6.12. The molecule has 0 aromatic rings. The van der Waals surface area contributed by atoms with E-state index in [0.29, 0.717) is 12.3 Å². The minimum Gasteiger partial charge on any atom is -0.320 e. The molecule has 0 aromatic heterocycles. The first-order chi connectivity index (χ1) is 8.50. The van der Waals surface area contributed by atoms with E-state index >= 15 is 0 Å². The van der Waals surface area contributed by atoms with E-state index in [1.165, 1.54) is 6.42 Å². The molecule has 0 unspecified atom stereocenters. The molecule has 1 aliphatic rings. The monoisotopic (exact) mass is 255 g/mol. The number of hydrogen-bond donors (Lipinski definition) is 3. The molecular formula is C13H25N3O2. The van der Waals surface area contributed by atoms with Crippen molar-refractivity contribution in [2.45, 2.75) is 58.4 Å². The van der Waals surface area contributed by atoms with Crippen molar-refractivity contribution in [3.8, 4) is 0 Å². The zero-order chi connectivity index (χ0) is 13.5. The molecule has 5 heteroatoms. The van der Waals surface area contributed by atoms with Gasteiger partial charge in [-0.3, -0.25) is 20.4 Å². The van der Waals surface area contributed by atoms with Gasteiger partial charge in [-0.25, -0.2) is 0 Å². The summed E-state index contributed by atoms with van der Waals surface area (Å²) < 4.78 is 0. The molecule has 0 saturated heterocycles. The van der Waals surface area contributed by atoms with E-state index in [2.05, 4.69) is 10.9 Å². The van der Waals surface area contributed by atoms with Crippen LogP contribution in [0.25, 0.3) is 0 Å². The van der Waals surface area contributed by atoms with Gasteiger partial charge in [0.05, 0.1) is 6.04 Å². The molecule has 0 bridgehead atoms. The van der Waals surface area contributed by atoms with Gasteiger partial charge < -0.3 is 5.73 Å². The highest BCUT2D eigenvalue weighted by molar-refractivity contribution is 5.85. The quantitative estimate of drug-likeness (QED) is 0.657. The lowest BCUT2D eigenvalue weighted by Gasteiger charge is -2.21. The Balaban J connectivity index is 2.26. The van der Waals surface area contributed by atoms with E-state index < -0.39 is 6.04 Å². The van der Waals surface area contributed by atoms with Crippen LogP contribution in [-0.4, -0.2) is 17.9 Å². The van der Waals surface area contributed by atoms with Crippen LogP contribution in [0.15, 0.2) is 0 Å². The largest absolute Gasteiger partial charge is 0.320 e. The third kappa shape index (κ3) is 5.04. The zero-order valence-corrected chi connectivity index (χ0v) is 11.4. The van der Waals surface area contributed by atoms with Crippen molar-refractivity contribution >= 4 is 11.8 Å². The first-order valence-corrected chi connectivity index (χ1v) is 6.86. The lowest BCUT2D eigenvalue weighted by atomic mass is 9.89. The highest BCUT2D eigenvalue weighted by atomic mass is 16.2. The summed E-state index contributed by atoms with van der Waals surface area (Å²) >= 11 is 0. The Morgan fingerprint density at radius 3 is 2.33 bits per heavy atom. The van der Waals surface area contributed by atoms with E-state index in [1.54, 1.807) is 0 Å². The molecule has 1 fully saturated rings. The summed E-state index contributed by atoms with van der Waals surface area (Å²) in [4.78, 5) is 23.4. The van der Waals surface area contributed by atoms with Crippen molar-refractivity contribution in [2.24, 2.45) is 17.6 Å². The van der Waals surface area contributed by atoms with E-state index in [9.17, 15) is 9.59 Å². The number of hydrazine groups is 1. The first-order valence-electron chi connectivity index (χ1n) is 6.86. The van der Waals surface area contributed by atoms with Crippen LogP contribution in [0.1, 0.15) is 52.4 Å². The number of carbonyl (C=O) groups is 2. The van der Waals surface area contributed by atoms with Gasteiger partial charge in [0.2, 0.25) is 5.91 Å². The van der Waals surface area contributed by atoms with Crippen molar-refractivity contribution in [1.82, 2.24) is 10.9 Å². The lowest BCUT2D eigenvalue weighted by Crippen LogP contribution is -2.51. The summed E-state index contributed by atoms with van der Waals surface area (Å²) in [6.07, 6.45) is 5.85. The lowest BCUT2D eigenvalue weighted by molar-refractivity contribution is -0.132. The van der Waals surface area contributed by atoms with E-state index in [-0.39, 0.29) is 17.7 Å². The average Bonchev–Trinajstić information content (AvgIpc) is 2.35. The summed E-state index contributed by atoms with van der Waals surface area (Å²) in [6.45, 7) is 4.02. The maximum Gasteiger partial charge on any atom is 0.255 e. The molecule has 1 saturated carbocycles. The second kappa shape index (κ2) is 7.36. The Labute approximate surface area is 109 Å². The van der Waals surface area contributed by atoms with Crippen LogP contribution in [-0.2, 0) is 9.59 Å². The molecule has 18 heavy (non-hydrogen) atoms. The van der Waals surface area contributed by atoms with Gasteiger partial charge in [0.25, 0.3) is 5.91 Å². The Bertz CT molecular complexity index is 286. The minimum atomic E-state index is -0.559. The fourth-order valence-electron chi connectivity index (χ4n) is 2.30. The third-order valence-corrected chi connectivity index (χ3v) is 3.35. The van der Waals surface area contributed by atoms with E-state index in [4.69, 9.17) is 5.73 Å². The topological polar surface area (TPSA) is 84.2 Å². The van der Waals surface area contributed by atoms with Crippen LogP contribution in [0.3, 0.4) is 0 Å². The molecule has 0 spiro atoms. The maximum atomic E-state index is 11.8. The predicted molar refractivity (Wildman–Crippen MR) is 70.3 cm³/mol. The Hall–Kier alpha value is -1.10. The fraction of sp³-hybridized carbons (Fsp3) is 0.846. The highest BCUT2D eigenvalue weighted by Gasteiger charge is 2.22. The number of hydrogen-bond acceptors (Lipinski definition) is 3. The highest BCUT2D eigenvalue weighted by Crippen LogP contribution is 2.23. The summed E-state index contributed by atoms with van der Waals surface area (Å²) in [7, 11) is 0. The SMILES string of the molecule is CC(C)C[C@@H](N)C(=O)NNC(=O)C1CCCCC1. The molecule has 1 aliphatic carbocycles. The number of amides is 2. The predicted octanol–water partition coefficient (Wildman–Crippen LogP) is 1.09. The molecule has 104 valence electrons. The molecular weight excluding hydrogens is 230 g/mol. The van der Waals surface area contributed by atoms with Gasteiger partial charge >= 0.3 is 0 Å². The van der Waals surface area contributed by atoms with Crippen LogP contribution < -0.4 is 16.6 Å². The Morgan fingerprint density at radius 1 is 1.17 bits per heavy atom. The molecule has 4 N–H and O–H groups in total. The number of nitrogens with two attached hydrogens (primary N) is 1. The van der Waals surface area contributed by atoms with Gasteiger partial charge in [0, 0.05) is 5.92 Å². The average molecular weight is 255 g/mol. The number of carbonyl (C=O) groups excluding carboxylic acids is 2. The normalized spacial score (nSPS) is 18.4. The van der Waals surface area contributed by atoms with Crippen molar-refractivity contribution in [3.05, 3.63) is 0 Å². The standard InChI is InChI=1S/C13H25N3O2/c1-9(2)8-11(14)13(18)16-15-12(17)10-6-4-3-5-7-10/h9-11H,3-8,14H2,1-2H3,(H,15,17)(H,16,18)/t11-/m1/s1. The van der Waals surface area contributed by atoms with Gasteiger partial charge in [-0.1, -0.05) is 33.1 Å². The summed E-state index contributed by atoms with van der Waals surface area (Å²) in [5.41, 5.74) is 10.6. The van der Waals surface area contributed by atoms with Crippen LogP contribution in [0, 0.1) is 11.8 Å². The minimum absolute atomic E-state index is 0.0420. The summed E-state index contributed by atoms with van der Waals surface area (Å²) in [5.74, 6) is 0.00725. The maximum absolute atomic E-state index is 11.8. The van der Waals surface area contributed by atoms with Gasteiger partial charge in [-0.15, -0.1) is 0 Å². The van der Waals surface area contributed by atoms with E-state index in [0.717, 1.165) is 25.7 Å². The van der Waals surface area contributed by atoms with Crippen molar-refractivity contribution < 1.29 is 9.59 Å². The van der Waals surface area contributed by atoms with Crippen LogP contribution >= 0.6 is 0 Å². The molecule has 0 heterocycles. The fourth-order valence-corrected chi connectivity index (χ4v) is 2.30. The van der Waals surface area contributed by atoms with Gasteiger partial charge in [-0.05, 0) is 25.2 Å². The number of rotatable bonds is 4. The summed E-state index contributed by atoms with van der Waals surface area (Å²) in [5, 5.41) is 0. The van der Waals surface area contributed by atoms with Crippen LogP contribution in [0.5, 0.6) is 0 Å². The molecule has 0 aromatic carbocycles. The van der Waals surface area contributed by atoms with E-state index in [1.807, 2.05) is 13.8 Å². The summed E-state index contributed by atoms with van der Waals surface area (Å²) in [6, 6.07) is -0.559. The molecule has 0 aliphatic heterocycles. The van der Waals surface area contributed by atoms with Crippen molar-refractivity contribution in [1.29, 1.82) is 0 Å². The first kappa shape index (κ1) is 15.0. The van der Waals surface area contributed by atoms with Crippen molar-refractivity contribution in [2.75, 3.05) is 0 Å². The number of nitrogens with one attached hydrogen (secondary N) is 2. The van der Waals surface area contributed by atoms with Crippen molar-refractivity contribution in [3.63, 3.8) is 0 Å². The molecule has 0 radical (unpaired) electrons. The second-order valence-corrected chi connectivity index (χ2v) is 5.55. The smallest absolute Gasteiger partial charge is 0.255 e.